The molecule has 0 aliphatic heterocycles. The molecular weight excluding hydrogens is 432 g/mol. The van der Waals surface area contributed by atoms with E-state index in [4.69, 9.17) is 0 Å². The Morgan fingerprint density at radius 1 is 0.444 bits per heavy atom. The Bertz CT molecular complexity index is 1740. The van der Waals surface area contributed by atoms with Crippen LogP contribution in [-0.4, -0.2) is 0 Å². The molecule has 0 aromatic heterocycles. The van der Waals surface area contributed by atoms with E-state index < -0.39 is 0 Å². The molecule has 172 valence electrons. The van der Waals surface area contributed by atoms with Crippen LogP contribution in [0.3, 0.4) is 0 Å². The zero-order valence-corrected chi connectivity index (χ0v) is 21.0. The van der Waals surface area contributed by atoms with Gasteiger partial charge in [-0.3, -0.25) is 0 Å². The molecule has 6 aromatic carbocycles. The highest BCUT2D eigenvalue weighted by atomic mass is 14.4. The summed E-state index contributed by atoms with van der Waals surface area (Å²) >= 11 is 0. The first kappa shape index (κ1) is 21.1. The first-order valence-electron chi connectivity index (χ1n) is 12.8. The lowest BCUT2D eigenvalue weighted by Gasteiger charge is -2.22. The minimum Gasteiger partial charge on any atom is -0.0619 e. The van der Waals surface area contributed by atoms with Crippen molar-refractivity contribution in [2.75, 3.05) is 0 Å². The summed E-state index contributed by atoms with van der Waals surface area (Å²) in [5, 5.41) is 5.29. The summed E-state index contributed by atoms with van der Waals surface area (Å²) in [4.78, 5) is 0. The molecule has 6 aromatic rings. The topological polar surface area (TPSA) is 0 Å². The fourth-order valence-electron chi connectivity index (χ4n) is 6.37. The molecule has 0 bridgehead atoms. The molecule has 0 N–H and O–H groups in total. The van der Waals surface area contributed by atoms with Gasteiger partial charge in [-0.2, -0.15) is 0 Å². The largest absolute Gasteiger partial charge is 0.0619 e. The normalized spacial score (nSPS) is 13.6. The molecule has 0 nitrogen and oxygen atoms in total. The van der Waals surface area contributed by atoms with E-state index in [2.05, 4.69) is 136 Å². The van der Waals surface area contributed by atoms with Gasteiger partial charge in [0.05, 0.1) is 0 Å². The van der Waals surface area contributed by atoms with Crippen molar-refractivity contribution in [2.45, 2.75) is 26.2 Å². The average molecular weight is 461 g/mol. The van der Waals surface area contributed by atoms with Gasteiger partial charge in [-0.15, -0.1) is 0 Å². The van der Waals surface area contributed by atoms with Gasteiger partial charge in [-0.25, -0.2) is 0 Å². The van der Waals surface area contributed by atoms with Crippen LogP contribution in [0.5, 0.6) is 0 Å². The average Bonchev–Trinajstić information content (AvgIpc) is 3.16. The van der Waals surface area contributed by atoms with Crippen molar-refractivity contribution in [1.29, 1.82) is 0 Å². The molecule has 1 aliphatic carbocycles. The van der Waals surface area contributed by atoms with Gasteiger partial charge in [0.2, 0.25) is 0 Å². The van der Waals surface area contributed by atoms with Gasteiger partial charge in [-0.05, 0) is 84.6 Å². The van der Waals surface area contributed by atoms with Gasteiger partial charge in [0.1, 0.15) is 0 Å². The predicted molar refractivity (Wildman–Crippen MR) is 155 cm³/mol. The van der Waals surface area contributed by atoms with Gasteiger partial charge < -0.3 is 0 Å². The Hall–Kier alpha value is -4.16. The maximum Gasteiger partial charge on any atom is 0.0159 e. The third-order valence-corrected chi connectivity index (χ3v) is 8.29. The van der Waals surface area contributed by atoms with Crippen molar-refractivity contribution in [1.82, 2.24) is 0 Å². The second-order valence-electron chi connectivity index (χ2n) is 10.6. The summed E-state index contributed by atoms with van der Waals surface area (Å²) in [5.74, 6) is 0. The first-order valence-corrected chi connectivity index (χ1v) is 12.8. The number of benzene rings is 6. The van der Waals surface area contributed by atoms with E-state index >= 15 is 0 Å². The van der Waals surface area contributed by atoms with Crippen molar-refractivity contribution in [2.24, 2.45) is 0 Å². The van der Waals surface area contributed by atoms with Gasteiger partial charge >= 0.3 is 0 Å². The van der Waals surface area contributed by atoms with E-state index in [0.717, 1.165) is 0 Å². The predicted octanol–water partition coefficient (Wildman–Crippen LogP) is 9.94. The summed E-state index contributed by atoms with van der Waals surface area (Å²) in [6.07, 6.45) is 0. The zero-order valence-electron chi connectivity index (χ0n) is 21.0. The van der Waals surface area contributed by atoms with Crippen LogP contribution < -0.4 is 0 Å². The Kier molecular flexibility index (Phi) is 4.51. The number of hydrogen-bond acceptors (Lipinski definition) is 0. The van der Waals surface area contributed by atoms with E-state index in [0.29, 0.717) is 0 Å². The quantitative estimate of drug-likeness (QED) is 0.226. The molecule has 0 unspecified atom stereocenters. The van der Waals surface area contributed by atoms with Crippen LogP contribution in [0.25, 0.3) is 54.9 Å². The Balaban J connectivity index is 1.36. The maximum absolute atomic E-state index is 2.40. The van der Waals surface area contributed by atoms with Gasteiger partial charge in [0, 0.05) is 5.41 Å². The standard InChI is InChI=1S/C36H28/c1-23-27-10-4-6-13-31(27)35(32-14-7-5-11-28(23)32)25-18-16-24(17-19-25)26-20-21-30-29-12-8-9-15-33(29)36(2,3)34(30)22-26/h4-22H,1-3H3. The molecule has 0 heterocycles. The van der Waals surface area contributed by atoms with Crippen molar-refractivity contribution < 1.29 is 0 Å². The van der Waals surface area contributed by atoms with E-state index in [1.807, 2.05) is 0 Å². The summed E-state index contributed by atoms with van der Waals surface area (Å²) in [6.45, 7) is 6.93. The highest BCUT2D eigenvalue weighted by Crippen LogP contribution is 2.49. The lowest BCUT2D eigenvalue weighted by molar-refractivity contribution is 0.660. The third kappa shape index (κ3) is 2.94. The van der Waals surface area contributed by atoms with E-state index in [-0.39, 0.29) is 5.41 Å². The van der Waals surface area contributed by atoms with Crippen molar-refractivity contribution >= 4 is 21.5 Å². The minimum absolute atomic E-state index is 0.0155. The summed E-state index contributed by atoms with van der Waals surface area (Å²) in [6, 6.07) is 42.6. The number of rotatable bonds is 2. The van der Waals surface area contributed by atoms with Crippen LogP contribution in [0.1, 0.15) is 30.5 Å². The van der Waals surface area contributed by atoms with E-state index in [9.17, 15) is 0 Å². The molecule has 0 amide bonds. The molecule has 36 heavy (non-hydrogen) atoms. The monoisotopic (exact) mass is 460 g/mol. The van der Waals surface area contributed by atoms with Crippen LogP contribution in [0.2, 0.25) is 0 Å². The molecule has 0 spiro atoms. The smallest absolute Gasteiger partial charge is 0.0159 e. The second-order valence-corrected chi connectivity index (χ2v) is 10.6. The molecule has 7 rings (SSSR count). The zero-order chi connectivity index (χ0) is 24.4. The molecule has 0 atom stereocenters. The maximum atomic E-state index is 2.40. The van der Waals surface area contributed by atoms with Crippen LogP contribution in [0.4, 0.5) is 0 Å². The SMILES string of the molecule is Cc1c2ccccc2c(-c2ccc(-c3ccc4c(c3)C(C)(C)c3ccccc3-4)cc2)c2ccccc12. The Morgan fingerprint density at radius 2 is 0.944 bits per heavy atom. The minimum atomic E-state index is 0.0155. The highest BCUT2D eigenvalue weighted by Gasteiger charge is 2.35. The van der Waals surface area contributed by atoms with E-state index in [1.54, 1.807) is 0 Å². The lowest BCUT2D eigenvalue weighted by Crippen LogP contribution is -2.14. The summed E-state index contributed by atoms with van der Waals surface area (Å²) in [7, 11) is 0. The fraction of sp³-hybridized carbons (Fsp3) is 0.111. The van der Waals surface area contributed by atoms with Crippen LogP contribution in [-0.2, 0) is 5.41 Å². The lowest BCUT2D eigenvalue weighted by atomic mass is 9.81. The van der Waals surface area contributed by atoms with Crippen LogP contribution >= 0.6 is 0 Å². The van der Waals surface area contributed by atoms with Gasteiger partial charge in [-0.1, -0.05) is 123 Å². The number of aryl methyl sites for hydroxylation is 1. The first-order chi connectivity index (χ1) is 17.5. The van der Waals surface area contributed by atoms with Gasteiger partial charge in [0.25, 0.3) is 0 Å². The molecule has 0 radical (unpaired) electrons. The van der Waals surface area contributed by atoms with Crippen LogP contribution in [0, 0.1) is 6.92 Å². The number of fused-ring (bicyclic) bond motifs is 5. The fourth-order valence-corrected chi connectivity index (χ4v) is 6.37. The molecule has 0 fully saturated rings. The molecule has 0 saturated carbocycles. The van der Waals surface area contributed by atoms with E-state index in [1.165, 1.54) is 71.6 Å². The highest BCUT2D eigenvalue weighted by molar-refractivity contribution is 6.14. The van der Waals surface area contributed by atoms with Crippen LogP contribution in [0.15, 0.2) is 115 Å². The molecule has 0 heteroatoms. The molecule has 1 aliphatic rings. The summed E-state index contributed by atoms with van der Waals surface area (Å²) < 4.78 is 0. The number of hydrogen-bond donors (Lipinski definition) is 0. The van der Waals surface area contributed by atoms with Gasteiger partial charge in [0.15, 0.2) is 0 Å². The van der Waals surface area contributed by atoms with Crippen molar-refractivity contribution in [3.05, 3.63) is 132 Å². The Labute approximate surface area is 212 Å². The summed E-state index contributed by atoms with van der Waals surface area (Å²) in [5.41, 5.74) is 12.1. The second kappa shape index (κ2) is 7.67. The Morgan fingerprint density at radius 3 is 1.61 bits per heavy atom. The van der Waals surface area contributed by atoms with Crippen molar-refractivity contribution in [3.8, 4) is 33.4 Å². The molecular formula is C36H28. The molecule has 0 saturated heterocycles. The van der Waals surface area contributed by atoms with Crippen molar-refractivity contribution in [3.63, 3.8) is 0 Å². The third-order valence-electron chi connectivity index (χ3n) is 8.29.